The zero-order valence-corrected chi connectivity index (χ0v) is 36.5. The average Bonchev–Trinajstić information content (AvgIpc) is 3.59. The highest BCUT2D eigenvalue weighted by Gasteiger charge is 2.44. The molecule has 5 nitrogen and oxygen atoms in total. The predicted octanol–water partition coefficient (Wildman–Crippen LogP) is 14.0. The van der Waals surface area contributed by atoms with Crippen LogP contribution in [0.1, 0.15) is 124 Å². The van der Waals surface area contributed by atoms with Crippen molar-refractivity contribution in [2.75, 3.05) is 0 Å². The molecule has 3 aromatic carbocycles. The molecule has 56 heavy (non-hydrogen) atoms. The van der Waals surface area contributed by atoms with Crippen molar-refractivity contribution >= 4 is 21.8 Å². The predicted molar refractivity (Wildman–Crippen MR) is 236 cm³/mol. The molecule has 0 amide bonds. The number of ether oxygens (including phenoxy) is 1. The van der Waals surface area contributed by atoms with Crippen molar-refractivity contribution in [2.24, 2.45) is 28.6 Å². The normalized spacial score (nSPS) is 18.3. The molecule has 0 fully saturated rings. The van der Waals surface area contributed by atoms with Crippen LogP contribution in [-0.4, -0.2) is 19.3 Å². The van der Waals surface area contributed by atoms with Crippen LogP contribution in [0.5, 0.6) is 11.5 Å². The molecule has 0 saturated carbocycles. The standard InChI is InChI=1S/C51H64N4O/c1-31(2)23-35-21-22-52-46(26-35)54-44-18-16-15-17-40(44)41-20-19-38(30-45(41)54)56-39-28-36(49(6,7)8)27-37(29-39)55-34(5)47(33(4)53-55)48-42(50(9,10)11)24-32(3)25-43(48)51(12,13)14/h15-22,24,26-32,43,48H,23,25H2,1-14H3/t32-,43-,48?/m0/s1. The third-order valence-corrected chi connectivity index (χ3v) is 12.0. The van der Waals surface area contributed by atoms with Gasteiger partial charge in [-0.3, -0.25) is 4.57 Å². The van der Waals surface area contributed by atoms with Crippen molar-refractivity contribution in [3.05, 3.63) is 119 Å². The summed E-state index contributed by atoms with van der Waals surface area (Å²) in [6, 6.07) is 26.1. The zero-order valence-electron chi connectivity index (χ0n) is 36.5. The number of fused-ring (bicyclic) bond motifs is 3. The van der Waals surface area contributed by atoms with Gasteiger partial charge in [0, 0.05) is 46.3 Å². The molecule has 7 rings (SSSR count). The molecule has 3 atom stereocenters. The van der Waals surface area contributed by atoms with Gasteiger partial charge in [0.05, 0.1) is 22.4 Å². The molecular weight excluding hydrogens is 685 g/mol. The lowest BCUT2D eigenvalue weighted by Crippen LogP contribution is -2.36. The van der Waals surface area contributed by atoms with Gasteiger partial charge in [0.25, 0.3) is 0 Å². The van der Waals surface area contributed by atoms with Crippen LogP contribution >= 0.6 is 0 Å². The Labute approximate surface area is 336 Å². The van der Waals surface area contributed by atoms with Gasteiger partial charge in [-0.2, -0.15) is 5.10 Å². The second-order valence-electron chi connectivity index (χ2n) is 20.3. The average molecular weight is 749 g/mol. The number of aryl methyl sites for hydroxylation is 1. The molecule has 294 valence electrons. The van der Waals surface area contributed by atoms with Gasteiger partial charge in [-0.05, 0) is 114 Å². The van der Waals surface area contributed by atoms with Crippen LogP contribution in [0.3, 0.4) is 0 Å². The highest BCUT2D eigenvalue weighted by Crippen LogP contribution is 2.54. The van der Waals surface area contributed by atoms with E-state index in [1.807, 2.05) is 6.20 Å². The minimum Gasteiger partial charge on any atom is -0.457 e. The van der Waals surface area contributed by atoms with Gasteiger partial charge in [-0.25, -0.2) is 9.67 Å². The summed E-state index contributed by atoms with van der Waals surface area (Å²) in [5, 5.41) is 7.72. The third kappa shape index (κ3) is 7.59. The fraction of sp³-hybridized carbons (Fsp3) is 0.451. The topological polar surface area (TPSA) is 44.9 Å². The Morgan fingerprint density at radius 3 is 2.18 bits per heavy atom. The molecule has 1 aliphatic rings. The number of aromatic nitrogens is 4. The number of allylic oxidation sites excluding steroid dienone is 2. The summed E-state index contributed by atoms with van der Waals surface area (Å²) in [7, 11) is 0. The highest BCUT2D eigenvalue weighted by molar-refractivity contribution is 6.09. The lowest BCUT2D eigenvalue weighted by Gasteiger charge is -2.46. The van der Waals surface area contributed by atoms with E-state index in [0.29, 0.717) is 23.7 Å². The summed E-state index contributed by atoms with van der Waals surface area (Å²) in [5.74, 6) is 4.44. The van der Waals surface area contributed by atoms with Gasteiger partial charge in [-0.1, -0.05) is 113 Å². The lowest BCUT2D eigenvalue weighted by atomic mass is 9.58. The van der Waals surface area contributed by atoms with Gasteiger partial charge >= 0.3 is 0 Å². The van der Waals surface area contributed by atoms with E-state index in [2.05, 4.69) is 185 Å². The molecule has 0 saturated heterocycles. The molecule has 1 aliphatic carbocycles. The van der Waals surface area contributed by atoms with Crippen LogP contribution in [0.25, 0.3) is 33.3 Å². The quantitative estimate of drug-likeness (QED) is 0.153. The summed E-state index contributed by atoms with van der Waals surface area (Å²) in [4.78, 5) is 4.89. The summed E-state index contributed by atoms with van der Waals surface area (Å²) >= 11 is 0. The molecule has 1 unspecified atom stereocenters. The smallest absolute Gasteiger partial charge is 0.137 e. The number of para-hydroxylation sites is 1. The molecule has 0 N–H and O–H groups in total. The van der Waals surface area contributed by atoms with Crippen LogP contribution in [0.4, 0.5) is 0 Å². The van der Waals surface area contributed by atoms with Crippen molar-refractivity contribution in [3.8, 4) is 23.0 Å². The van der Waals surface area contributed by atoms with Crippen molar-refractivity contribution in [2.45, 2.75) is 121 Å². The first-order valence-electron chi connectivity index (χ1n) is 20.8. The number of nitrogens with zero attached hydrogens (tertiary/aromatic N) is 4. The molecule has 0 aliphatic heterocycles. The fourth-order valence-electron chi connectivity index (χ4n) is 9.29. The molecule has 0 bridgehead atoms. The Morgan fingerprint density at radius 2 is 1.50 bits per heavy atom. The number of benzene rings is 3. The SMILES string of the molecule is Cc1nn(-c2cc(Oc3ccc4c5ccccc5n(-c5cc(CC(C)C)ccn5)c4c3)cc(C(C)(C)C)c2)c(C)c1C1C(C(C)(C)C)=C[C@H](C)C[C@@H]1C(C)(C)C. The second kappa shape index (κ2) is 14.4. The largest absolute Gasteiger partial charge is 0.457 e. The fourth-order valence-corrected chi connectivity index (χ4v) is 9.29. The van der Waals surface area contributed by atoms with Gasteiger partial charge in [0.1, 0.15) is 17.3 Å². The van der Waals surface area contributed by atoms with Crippen LogP contribution in [-0.2, 0) is 11.8 Å². The first-order chi connectivity index (χ1) is 26.2. The van der Waals surface area contributed by atoms with Crippen molar-refractivity contribution in [1.29, 1.82) is 0 Å². The monoisotopic (exact) mass is 749 g/mol. The second-order valence-corrected chi connectivity index (χ2v) is 20.3. The molecule has 0 spiro atoms. The van der Waals surface area contributed by atoms with Crippen molar-refractivity contribution in [1.82, 2.24) is 19.3 Å². The highest BCUT2D eigenvalue weighted by atomic mass is 16.5. The van der Waals surface area contributed by atoms with Crippen LogP contribution in [0, 0.1) is 42.4 Å². The van der Waals surface area contributed by atoms with Crippen LogP contribution < -0.4 is 4.74 Å². The van der Waals surface area contributed by atoms with E-state index in [1.165, 1.54) is 39.6 Å². The third-order valence-electron chi connectivity index (χ3n) is 12.0. The summed E-state index contributed by atoms with van der Waals surface area (Å²) in [6.45, 7) is 32.6. The number of rotatable bonds is 7. The van der Waals surface area contributed by atoms with Gasteiger partial charge in [0.2, 0.25) is 0 Å². The first kappa shape index (κ1) is 39.6. The summed E-state index contributed by atoms with van der Waals surface area (Å²) < 4.78 is 11.4. The van der Waals surface area contributed by atoms with E-state index in [9.17, 15) is 0 Å². The maximum atomic E-state index is 6.89. The van der Waals surface area contributed by atoms with Crippen molar-refractivity contribution in [3.63, 3.8) is 0 Å². The molecule has 0 radical (unpaired) electrons. The molecule has 6 aromatic rings. The van der Waals surface area contributed by atoms with Gasteiger partial charge in [-0.15, -0.1) is 0 Å². The minimum absolute atomic E-state index is 0.0523. The Kier molecular flexibility index (Phi) is 10.2. The van der Waals surface area contributed by atoms with Gasteiger partial charge in [0.15, 0.2) is 0 Å². The molecular formula is C51H64N4O. The van der Waals surface area contributed by atoms with E-state index >= 15 is 0 Å². The Morgan fingerprint density at radius 1 is 0.786 bits per heavy atom. The summed E-state index contributed by atoms with van der Waals surface area (Å²) in [6.07, 6.45) is 6.70. The number of hydrogen-bond acceptors (Lipinski definition) is 3. The van der Waals surface area contributed by atoms with E-state index in [0.717, 1.165) is 46.2 Å². The molecule has 3 heterocycles. The zero-order chi connectivity index (χ0) is 40.5. The number of hydrogen-bond donors (Lipinski definition) is 0. The Balaban J connectivity index is 1.34. The Hall–Kier alpha value is -4.64. The Bertz CT molecular complexity index is 2430. The van der Waals surface area contributed by atoms with Crippen LogP contribution in [0.2, 0.25) is 0 Å². The van der Waals surface area contributed by atoms with Crippen LogP contribution in [0.15, 0.2) is 90.6 Å². The maximum absolute atomic E-state index is 6.89. The van der Waals surface area contributed by atoms with E-state index in [1.54, 1.807) is 5.57 Å². The number of pyridine rings is 1. The van der Waals surface area contributed by atoms with Gasteiger partial charge < -0.3 is 4.74 Å². The molecule has 3 aromatic heterocycles. The molecule has 5 heteroatoms. The van der Waals surface area contributed by atoms with E-state index in [-0.39, 0.29) is 16.2 Å². The van der Waals surface area contributed by atoms with E-state index in [4.69, 9.17) is 14.8 Å². The summed E-state index contributed by atoms with van der Waals surface area (Å²) in [5.41, 5.74) is 11.1. The maximum Gasteiger partial charge on any atom is 0.137 e. The first-order valence-corrected chi connectivity index (χ1v) is 20.8. The van der Waals surface area contributed by atoms with E-state index < -0.39 is 0 Å². The van der Waals surface area contributed by atoms with Crippen molar-refractivity contribution < 1.29 is 4.74 Å². The lowest BCUT2D eigenvalue weighted by molar-refractivity contribution is 0.162. The minimum atomic E-state index is -0.102.